The minimum atomic E-state index is -1.50. The molecule has 230 valence electrons. The Bertz CT molecular complexity index is 1210. The van der Waals surface area contributed by atoms with Gasteiger partial charge in [0.2, 0.25) is 17.7 Å². The second-order valence-corrected chi connectivity index (χ2v) is 11.1. The molecule has 0 saturated carbocycles. The van der Waals surface area contributed by atoms with Gasteiger partial charge in [-0.05, 0) is 47.6 Å². The van der Waals surface area contributed by atoms with E-state index in [2.05, 4.69) is 21.3 Å². The van der Waals surface area contributed by atoms with Crippen LogP contribution in [0.5, 0.6) is 0 Å². The standard InChI is InChI=1S/C31H42F2N4O5/c1-5-26(38)36-23(16-21-15-22(32)12-13-24(21)33)17-28(40)34-18-31(3,4)19-35-30(42)29(41)25(37-27(39)6-2)14-20-10-8-7-9-11-20/h7-13,15,23,25,29,41H,5-6,14,16-19H2,1-4H3,(H,34,40)(H,35,42)(H,36,38)(H,37,39). The third kappa shape index (κ3) is 11.9. The van der Waals surface area contributed by atoms with Gasteiger partial charge in [0.1, 0.15) is 11.6 Å². The number of hydrogen-bond acceptors (Lipinski definition) is 5. The highest BCUT2D eigenvalue weighted by Crippen LogP contribution is 2.15. The lowest BCUT2D eigenvalue weighted by Gasteiger charge is -2.28. The Hall–Kier alpha value is -3.86. The van der Waals surface area contributed by atoms with Crippen LogP contribution in [0.2, 0.25) is 0 Å². The summed E-state index contributed by atoms with van der Waals surface area (Å²) in [7, 11) is 0. The van der Waals surface area contributed by atoms with Crippen molar-refractivity contribution in [2.75, 3.05) is 13.1 Å². The first kappa shape index (κ1) is 34.3. The van der Waals surface area contributed by atoms with Crippen molar-refractivity contribution in [3.63, 3.8) is 0 Å². The Balaban J connectivity index is 1.95. The molecule has 42 heavy (non-hydrogen) atoms. The average Bonchev–Trinajstić information content (AvgIpc) is 2.96. The summed E-state index contributed by atoms with van der Waals surface area (Å²) in [5.74, 6) is -2.95. The summed E-state index contributed by atoms with van der Waals surface area (Å²) in [6, 6.07) is 10.6. The number of hydrogen-bond donors (Lipinski definition) is 5. The van der Waals surface area contributed by atoms with E-state index in [0.29, 0.717) is 0 Å². The maximum Gasteiger partial charge on any atom is 0.251 e. The highest BCUT2D eigenvalue weighted by atomic mass is 19.1. The predicted molar refractivity (Wildman–Crippen MR) is 155 cm³/mol. The van der Waals surface area contributed by atoms with Crippen molar-refractivity contribution in [1.29, 1.82) is 0 Å². The molecule has 2 rings (SSSR count). The second-order valence-electron chi connectivity index (χ2n) is 11.1. The molecule has 3 unspecified atom stereocenters. The summed E-state index contributed by atoms with van der Waals surface area (Å²) < 4.78 is 27.8. The SMILES string of the molecule is CCC(=O)NC(CC(=O)NCC(C)(C)CNC(=O)C(O)C(Cc1ccccc1)NC(=O)CC)Cc1cc(F)ccc1F. The van der Waals surface area contributed by atoms with Crippen LogP contribution in [0.1, 0.15) is 58.1 Å². The lowest BCUT2D eigenvalue weighted by atomic mass is 9.92. The minimum absolute atomic E-state index is 0.0477. The number of amides is 4. The number of aliphatic hydroxyl groups is 1. The van der Waals surface area contributed by atoms with Crippen LogP contribution in [0.4, 0.5) is 8.78 Å². The van der Waals surface area contributed by atoms with Crippen LogP contribution >= 0.6 is 0 Å². The monoisotopic (exact) mass is 588 g/mol. The lowest BCUT2D eigenvalue weighted by Crippen LogP contribution is -2.53. The molecule has 0 aliphatic heterocycles. The highest BCUT2D eigenvalue weighted by molar-refractivity contribution is 5.83. The van der Waals surface area contributed by atoms with Gasteiger partial charge < -0.3 is 26.4 Å². The van der Waals surface area contributed by atoms with Crippen LogP contribution in [0.25, 0.3) is 0 Å². The summed E-state index contributed by atoms with van der Waals surface area (Å²) in [5.41, 5.74) is 0.262. The number of benzene rings is 2. The third-order valence-corrected chi connectivity index (χ3v) is 6.71. The molecule has 0 radical (unpaired) electrons. The fourth-order valence-electron chi connectivity index (χ4n) is 4.20. The van der Waals surface area contributed by atoms with Gasteiger partial charge in [-0.15, -0.1) is 0 Å². The van der Waals surface area contributed by atoms with E-state index in [4.69, 9.17) is 0 Å². The Kier molecular flexibility index (Phi) is 13.5. The molecule has 5 N–H and O–H groups in total. The highest BCUT2D eigenvalue weighted by Gasteiger charge is 2.29. The smallest absolute Gasteiger partial charge is 0.251 e. The van der Waals surface area contributed by atoms with E-state index < -0.39 is 47.1 Å². The quantitative estimate of drug-likeness (QED) is 0.205. The molecule has 2 aromatic carbocycles. The van der Waals surface area contributed by atoms with Gasteiger partial charge in [0.05, 0.1) is 6.04 Å². The molecule has 11 heteroatoms. The van der Waals surface area contributed by atoms with Gasteiger partial charge in [-0.3, -0.25) is 19.2 Å². The molecule has 9 nitrogen and oxygen atoms in total. The summed E-state index contributed by atoms with van der Waals surface area (Å²) in [6.45, 7) is 7.18. The largest absolute Gasteiger partial charge is 0.381 e. The first-order valence-corrected chi connectivity index (χ1v) is 14.1. The van der Waals surface area contributed by atoms with Gasteiger partial charge in [-0.2, -0.15) is 0 Å². The van der Waals surface area contributed by atoms with Crippen molar-refractivity contribution >= 4 is 23.6 Å². The minimum Gasteiger partial charge on any atom is -0.381 e. The molecule has 3 atom stereocenters. The van der Waals surface area contributed by atoms with Crippen molar-refractivity contribution in [3.8, 4) is 0 Å². The third-order valence-electron chi connectivity index (χ3n) is 6.71. The predicted octanol–water partition coefficient (Wildman–Crippen LogP) is 2.55. The van der Waals surface area contributed by atoms with Crippen molar-refractivity contribution in [2.24, 2.45) is 5.41 Å². The van der Waals surface area contributed by atoms with E-state index in [1.807, 2.05) is 30.3 Å². The normalized spacial score (nSPS) is 13.4. The number of halogens is 2. The summed E-state index contributed by atoms with van der Waals surface area (Å²) in [6.07, 6.45) is -1.11. The fourth-order valence-corrected chi connectivity index (χ4v) is 4.20. The van der Waals surface area contributed by atoms with Crippen molar-refractivity contribution < 1.29 is 33.1 Å². The van der Waals surface area contributed by atoms with Gasteiger partial charge in [0.15, 0.2) is 6.10 Å². The Morgan fingerprint density at radius 1 is 0.833 bits per heavy atom. The van der Waals surface area contributed by atoms with E-state index in [0.717, 1.165) is 23.8 Å². The van der Waals surface area contributed by atoms with E-state index in [9.17, 15) is 33.1 Å². The van der Waals surface area contributed by atoms with Crippen molar-refractivity contribution in [3.05, 3.63) is 71.3 Å². The van der Waals surface area contributed by atoms with Crippen LogP contribution in [0.3, 0.4) is 0 Å². The van der Waals surface area contributed by atoms with Gasteiger partial charge in [-0.25, -0.2) is 8.78 Å². The van der Waals surface area contributed by atoms with Gasteiger partial charge in [0, 0.05) is 38.4 Å². The maximum atomic E-state index is 14.2. The first-order valence-electron chi connectivity index (χ1n) is 14.1. The Labute approximate surface area is 245 Å². The molecule has 0 fully saturated rings. The van der Waals surface area contributed by atoms with Crippen LogP contribution in [-0.2, 0) is 32.0 Å². The first-order chi connectivity index (χ1) is 19.8. The number of carbonyl (C=O) groups excluding carboxylic acids is 4. The molecule has 0 heterocycles. The number of rotatable bonds is 16. The molecule has 0 bridgehead atoms. The van der Waals surface area contributed by atoms with E-state index in [-0.39, 0.29) is 62.6 Å². The second kappa shape index (κ2) is 16.5. The zero-order valence-electron chi connectivity index (χ0n) is 24.6. The average molecular weight is 589 g/mol. The summed E-state index contributed by atoms with van der Waals surface area (Å²) >= 11 is 0. The summed E-state index contributed by atoms with van der Waals surface area (Å²) in [5, 5.41) is 21.6. The Morgan fingerprint density at radius 2 is 1.45 bits per heavy atom. The molecule has 0 saturated heterocycles. The molecular weight excluding hydrogens is 546 g/mol. The molecule has 2 aromatic rings. The lowest BCUT2D eigenvalue weighted by molar-refractivity contribution is -0.132. The van der Waals surface area contributed by atoms with E-state index in [1.54, 1.807) is 27.7 Å². The summed E-state index contributed by atoms with van der Waals surface area (Å²) in [4.78, 5) is 49.6. The van der Waals surface area contributed by atoms with Gasteiger partial charge in [0.25, 0.3) is 5.91 Å². The topological polar surface area (TPSA) is 137 Å². The van der Waals surface area contributed by atoms with Crippen LogP contribution in [0, 0.1) is 17.0 Å². The fraction of sp³-hybridized carbons (Fsp3) is 0.484. The molecule has 0 aliphatic rings. The van der Waals surface area contributed by atoms with E-state index in [1.165, 1.54) is 0 Å². The van der Waals surface area contributed by atoms with Crippen LogP contribution in [-0.4, -0.2) is 60.0 Å². The van der Waals surface area contributed by atoms with Gasteiger partial charge >= 0.3 is 0 Å². The molecule has 0 aliphatic carbocycles. The maximum absolute atomic E-state index is 14.2. The van der Waals surface area contributed by atoms with Crippen LogP contribution in [0.15, 0.2) is 48.5 Å². The number of aliphatic hydroxyl groups excluding tert-OH is 1. The molecular formula is C31H42F2N4O5. The molecule has 0 spiro atoms. The van der Waals surface area contributed by atoms with Gasteiger partial charge in [-0.1, -0.05) is 58.0 Å². The molecule has 0 aromatic heterocycles. The number of nitrogens with one attached hydrogen (secondary N) is 4. The van der Waals surface area contributed by atoms with Crippen molar-refractivity contribution in [1.82, 2.24) is 21.3 Å². The molecule has 4 amide bonds. The number of carbonyl (C=O) groups is 4. The van der Waals surface area contributed by atoms with E-state index >= 15 is 0 Å². The van der Waals surface area contributed by atoms with Crippen molar-refractivity contribution in [2.45, 2.75) is 78.0 Å². The zero-order valence-corrected chi connectivity index (χ0v) is 24.6. The zero-order chi connectivity index (χ0) is 31.3. The Morgan fingerprint density at radius 3 is 2.10 bits per heavy atom. The van der Waals surface area contributed by atoms with Crippen LogP contribution < -0.4 is 21.3 Å².